The second-order valence-corrected chi connectivity index (χ2v) is 8.13. The molecule has 116 valence electrons. The van der Waals surface area contributed by atoms with Crippen molar-refractivity contribution in [3.63, 3.8) is 0 Å². The molecule has 0 aliphatic carbocycles. The van der Waals surface area contributed by atoms with Gasteiger partial charge in [-0.15, -0.1) is 0 Å². The molecule has 0 aliphatic rings. The van der Waals surface area contributed by atoms with Gasteiger partial charge in [-0.3, -0.25) is 0 Å². The third-order valence-corrected chi connectivity index (χ3v) is 6.76. The van der Waals surface area contributed by atoms with Gasteiger partial charge in [0.15, 0.2) is 0 Å². The van der Waals surface area contributed by atoms with Crippen molar-refractivity contribution in [2.75, 3.05) is 0 Å². The summed E-state index contributed by atoms with van der Waals surface area (Å²) < 4.78 is 0. The Bertz CT molecular complexity index is 695. The number of hydrogen-bond acceptors (Lipinski definition) is 0. The molecule has 3 rings (SSSR count). The van der Waals surface area contributed by atoms with E-state index in [1.165, 1.54) is 27.9 Å². The molecule has 0 nitrogen and oxygen atoms in total. The summed E-state index contributed by atoms with van der Waals surface area (Å²) in [5, 5.41) is 4.26. The maximum absolute atomic E-state index is 2.42. The topological polar surface area (TPSA) is 0 Å². The molecule has 23 heavy (non-hydrogen) atoms. The van der Waals surface area contributed by atoms with Crippen LogP contribution in [0.1, 0.15) is 31.7 Å². The van der Waals surface area contributed by atoms with E-state index in [4.69, 9.17) is 0 Å². The molecule has 0 heterocycles. The standard InChI is InChI=1S/C22H23P/c1-3-18(2)19-11-10-16-22(17-19)23(20-12-6-4-7-13-20)21-14-8-5-9-15-21/h4-18H,3H2,1-2H3. The van der Waals surface area contributed by atoms with Gasteiger partial charge in [0, 0.05) is 0 Å². The highest BCUT2D eigenvalue weighted by Gasteiger charge is 2.17. The summed E-state index contributed by atoms with van der Waals surface area (Å²) in [5.74, 6) is 0.610. The molecule has 0 N–H and O–H groups in total. The van der Waals surface area contributed by atoms with Crippen LogP contribution in [0.4, 0.5) is 0 Å². The van der Waals surface area contributed by atoms with E-state index in [9.17, 15) is 0 Å². The molecule has 0 bridgehead atoms. The Morgan fingerprint density at radius 2 is 1.22 bits per heavy atom. The van der Waals surface area contributed by atoms with Crippen LogP contribution in [0.2, 0.25) is 0 Å². The average Bonchev–Trinajstić information content (AvgIpc) is 2.63. The molecule has 0 spiro atoms. The van der Waals surface area contributed by atoms with Crippen LogP contribution in [0.3, 0.4) is 0 Å². The van der Waals surface area contributed by atoms with E-state index in [1.807, 2.05) is 0 Å². The summed E-state index contributed by atoms with van der Waals surface area (Å²) in [6, 6.07) is 31.0. The molecular weight excluding hydrogens is 295 g/mol. The third-order valence-electron chi connectivity index (χ3n) is 4.34. The van der Waals surface area contributed by atoms with Crippen molar-refractivity contribution in [1.29, 1.82) is 0 Å². The highest BCUT2D eigenvalue weighted by atomic mass is 31.1. The molecule has 0 aromatic heterocycles. The van der Waals surface area contributed by atoms with E-state index in [0.29, 0.717) is 5.92 Å². The summed E-state index contributed by atoms with van der Waals surface area (Å²) in [4.78, 5) is 0. The SMILES string of the molecule is CCC(C)c1cccc(P(c2ccccc2)c2ccccc2)c1. The zero-order chi connectivity index (χ0) is 16.1. The van der Waals surface area contributed by atoms with Crippen molar-refractivity contribution in [2.24, 2.45) is 0 Å². The number of rotatable bonds is 5. The van der Waals surface area contributed by atoms with Crippen LogP contribution < -0.4 is 15.9 Å². The second kappa shape index (κ2) is 7.57. The molecule has 0 fully saturated rings. The lowest BCUT2D eigenvalue weighted by atomic mass is 9.99. The summed E-state index contributed by atoms with van der Waals surface area (Å²) in [6.45, 7) is 4.57. The van der Waals surface area contributed by atoms with Gasteiger partial charge in [-0.25, -0.2) is 0 Å². The molecule has 3 aromatic carbocycles. The summed E-state index contributed by atoms with van der Waals surface area (Å²) >= 11 is 0. The van der Waals surface area contributed by atoms with Gasteiger partial charge in [0.05, 0.1) is 0 Å². The second-order valence-electron chi connectivity index (χ2n) is 5.91. The quantitative estimate of drug-likeness (QED) is 0.583. The Balaban J connectivity index is 2.09. The molecule has 0 saturated heterocycles. The van der Waals surface area contributed by atoms with E-state index >= 15 is 0 Å². The number of hydrogen-bond donors (Lipinski definition) is 0. The molecule has 1 heteroatoms. The third kappa shape index (κ3) is 3.71. The predicted molar refractivity (Wildman–Crippen MR) is 104 cm³/mol. The van der Waals surface area contributed by atoms with Crippen LogP contribution in [-0.2, 0) is 0 Å². The summed E-state index contributed by atoms with van der Waals surface area (Å²) in [6.07, 6.45) is 1.18. The van der Waals surface area contributed by atoms with Gasteiger partial charge < -0.3 is 0 Å². The molecule has 0 radical (unpaired) electrons. The van der Waals surface area contributed by atoms with Crippen LogP contribution in [0.15, 0.2) is 84.9 Å². The molecule has 1 atom stereocenters. The van der Waals surface area contributed by atoms with Gasteiger partial charge in [0.2, 0.25) is 0 Å². The maximum atomic E-state index is 2.42. The van der Waals surface area contributed by atoms with Gasteiger partial charge in [-0.1, -0.05) is 98.8 Å². The average molecular weight is 318 g/mol. The normalized spacial score (nSPS) is 12.3. The predicted octanol–water partition coefficient (Wildman–Crippen LogP) is 4.96. The monoisotopic (exact) mass is 318 g/mol. The molecule has 0 amide bonds. The molecule has 3 aromatic rings. The Morgan fingerprint density at radius 3 is 1.74 bits per heavy atom. The fourth-order valence-corrected chi connectivity index (χ4v) is 5.16. The van der Waals surface area contributed by atoms with Crippen LogP contribution >= 0.6 is 7.92 Å². The van der Waals surface area contributed by atoms with E-state index in [2.05, 4.69) is 98.8 Å². The minimum absolute atomic E-state index is 0.492. The zero-order valence-electron chi connectivity index (χ0n) is 13.8. The van der Waals surface area contributed by atoms with Gasteiger partial charge >= 0.3 is 0 Å². The lowest BCUT2D eigenvalue weighted by Crippen LogP contribution is -2.20. The largest absolute Gasteiger partial charge is 0.0648 e. The van der Waals surface area contributed by atoms with Crippen molar-refractivity contribution in [3.8, 4) is 0 Å². The van der Waals surface area contributed by atoms with E-state index in [1.54, 1.807) is 0 Å². The van der Waals surface area contributed by atoms with Crippen LogP contribution in [-0.4, -0.2) is 0 Å². The van der Waals surface area contributed by atoms with Crippen molar-refractivity contribution in [1.82, 2.24) is 0 Å². The Hall–Kier alpha value is -1.91. The van der Waals surface area contributed by atoms with Gasteiger partial charge in [-0.05, 0) is 41.7 Å². The first-order valence-corrected chi connectivity index (χ1v) is 9.64. The maximum Gasteiger partial charge on any atom is -0.0134 e. The minimum atomic E-state index is -0.492. The van der Waals surface area contributed by atoms with Crippen LogP contribution in [0.5, 0.6) is 0 Å². The van der Waals surface area contributed by atoms with E-state index in [-0.39, 0.29) is 0 Å². The van der Waals surface area contributed by atoms with Crippen molar-refractivity contribution in [3.05, 3.63) is 90.5 Å². The molecule has 0 saturated carbocycles. The van der Waals surface area contributed by atoms with Gasteiger partial charge in [0.25, 0.3) is 0 Å². The van der Waals surface area contributed by atoms with Gasteiger partial charge in [-0.2, -0.15) is 0 Å². The van der Waals surface area contributed by atoms with Crippen LogP contribution in [0, 0.1) is 0 Å². The molecule has 1 unspecified atom stereocenters. The zero-order valence-corrected chi connectivity index (χ0v) is 14.7. The smallest absolute Gasteiger partial charge is 0.0134 e. The Kier molecular flexibility index (Phi) is 5.26. The summed E-state index contributed by atoms with van der Waals surface area (Å²) in [5.41, 5.74) is 1.45. The highest BCUT2D eigenvalue weighted by molar-refractivity contribution is 7.79. The lowest BCUT2D eigenvalue weighted by Gasteiger charge is -2.21. The molecule has 0 aliphatic heterocycles. The van der Waals surface area contributed by atoms with Crippen molar-refractivity contribution in [2.45, 2.75) is 26.2 Å². The minimum Gasteiger partial charge on any atom is -0.0648 e. The van der Waals surface area contributed by atoms with Crippen LogP contribution in [0.25, 0.3) is 0 Å². The Labute approximate surface area is 141 Å². The first-order chi connectivity index (χ1) is 11.3. The first kappa shape index (κ1) is 16.0. The van der Waals surface area contributed by atoms with Crippen molar-refractivity contribution < 1.29 is 0 Å². The Morgan fingerprint density at radius 1 is 0.696 bits per heavy atom. The molecular formula is C22H23P. The van der Waals surface area contributed by atoms with E-state index in [0.717, 1.165) is 0 Å². The summed E-state index contributed by atoms with van der Waals surface area (Å²) in [7, 11) is -0.492. The van der Waals surface area contributed by atoms with E-state index < -0.39 is 7.92 Å². The first-order valence-electron chi connectivity index (χ1n) is 8.29. The lowest BCUT2D eigenvalue weighted by molar-refractivity contribution is 0.734. The highest BCUT2D eigenvalue weighted by Crippen LogP contribution is 2.33. The van der Waals surface area contributed by atoms with Crippen molar-refractivity contribution >= 4 is 23.8 Å². The fourth-order valence-electron chi connectivity index (χ4n) is 2.81. The fraction of sp³-hybridized carbons (Fsp3) is 0.182. The number of benzene rings is 3. The van der Waals surface area contributed by atoms with Gasteiger partial charge in [0.1, 0.15) is 0 Å².